The summed E-state index contributed by atoms with van der Waals surface area (Å²) < 4.78 is 5.67. The third-order valence-electron chi connectivity index (χ3n) is 3.06. The predicted molar refractivity (Wildman–Crippen MR) is 68.0 cm³/mol. The summed E-state index contributed by atoms with van der Waals surface area (Å²) in [4.78, 5) is 2.29. The first-order chi connectivity index (χ1) is 7.83. The number of nitrogens with two attached hydrogens (primary N) is 1. The molecule has 5 heteroatoms. The Labute approximate surface area is 103 Å². The van der Waals surface area contributed by atoms with Crippen LogP contribution in [0.25, 0.3) is 0 Å². The Hall–Kier alpha value is -1.07. The molecule has 0 aromatic rings. The molecule has 2 aliphatic heterocycles. The molecule has 0 spiro atoms. The van der Waals surface area contributed by atoms with Gasteiger partial charge >= 0.3 is 0 Å². The maximum absolute atomic E-state index is 5.67. The Morgan fingerprint density at radius 3 is 2.29 bits per heavy atom. The van der Waals surface area contributed by atoms with Gasteiger partial charge in [-0.1, -0.05) is 0 Å². The maximum Gasteiger partial charge on any atom is 0.163 e. The first-order valence-corrected chi connectivity index (χ1v) is 5.85. The van der Waals surface area contributed by atoms with Crippen LogP contribution in [0.15, 0.2) is 17.3 Å². The van der Waals surface area contributed by atoms with Crippen LogP contribution in [0.5, 0.6) is 0 Å². The molecule has 1 fully saturated rings. The van der Waals surface area contributed by atoms with Crippen LogP contribution in [0, 0.1) is 6.17 Å². The Morgan fingerprint density at radius 2 is 1.82 bits per heavy atom. The van der Waals surface area contributed by atoms with E-state index in [1.807, 2.05) is 12.2 Å². The summed E-state index contributed by atoms with van der Waals surface area (Å²) in [6.45, 7) is 10.0. The average molecular weight is 237 g/mol. The number of amidine groups is 1. The van der Waals surface area contributed by atoms with Crippen LogP contribution in [-0.4, -0.2) is 35.0 Å². The molecule has 0 amide bonds. The predicted octanol–water partition coefficient (Wildman–Crippen LogP) is 0.797. The minimum Gasteiger partial charge on any atom is -0.377 e. The smallest absolute Gasteiger partial charge is 0.163 e. The summed E-state index contributed by atoms with van der Waals surface area (Å²) in [6.07, 6.45) is 4.35. The molecule has 0 aliphatic carbocycles. The van der Waals surface area contributed by atoms with Crippen molar-refractivity contribution < 1.29 is 4.74 Å². The monoisotopic (exact) mass is 237 g/mol. The molecule has 0 atom stereocenters. The van der Waals surface area contributed by atoms with Crippen molar-refractivity contribution in [3.8, 4) is 0 Å². The Bertz CT molecular complexity index is 344. The molecular formula is C12H21N4O. The molecule has 17 heavy (non-hydrogen) atoms. The number of nitrogens with one attached hydrogen (secondary N) is 1. The highest BCUT2D eigenvalue weighted by molar-refractivity contribution is 5.95. The lowest BCUT2D eigenvalue weighted by atomic mass is 9.91. The van der Waals surface area contributed by atoms with E-state index >= 15 is 0 Å². The zero-order valence-corrected chi connectivity index (χ0v) is 10.9. The van der Waals surface area contributed by atoms with Gasteiger partial charge in [0.15, 0.2) is 6.17 Å². The van der Waals surface area contributed by atoms with E-state index in [1.54, 1.807) is 0 Å². The van der Waals surface area contributed by atoms with Crippen molar-refractivity contribution in [2.24, 2.45) is 10.8 Å². The minimum atomic E-state index is -0.0846. The third kappa shape index (κ3) is 2.30. The van der Waals surface area contributed by atoms with Gasteiger partial charge in [0.25, 0.3) is 0 Å². The van der Waals surface area contributed by atoms with Crippen LogP contribution in [-0.2, 0) is 4.74 Å². The first-order valence-electron chi connectivity index (χ1n) is 5.85. The van der Waals surface area contributed by atoms with Crippen molar-refractivity contribution in [1.82, 2.24) is 10.3 Å². The molecule has 0 aromatic heterocycles. The van der Waals surface area contributed by atoms with Gasteiger partial charge in [0.2, 0.25) is 0 Å². The van der Waals surface area contributed by atoms with Gasteiger partial charge in [0, 0.05) is 0 Å². The Kier molecular flexibility index (Phi) is 2.91. The summed E-state index contributed by atoms with van der Waals surface area (Å²) >= 11 is 0. The quantitative estimate of drug-likeness (QED) is 0.654. The Balaban J connectivity index is 2.30. The summed E-state index contributed by atoms with van der Waals surface area (Å²) in [7, 11) is 0. The highest BCUT2D eigenvalue weighted by Gasteiger charge is 2.43. The number of hydrogen-bond donors (Lipinski definition) is 2. The molecule has 1 saturated heterocycles. The molecule has 1 radical (unpaired) electrons. The molecular weight excluding hydrogens is 216 g/mol. The van der Waals surface area contributed by atoms with Gasteiger partial charge < -0.3 is 15.4 Å². The van der Waals surface area contributed by atoms with Crippen LogP contribution in [0.3, 0.4) is 0 Å². The molecule has 95 valence electrons. The van der Waals surface area contributed by atoms with Crippen molar-refractivity contribution in [2.75, 3.05) is 13.2 Å². The number of rotatable bonds is 0. The largest absolute Gasteiger partial charge is 0.377 e. The second-order valence-corrected chi connectivity index (χ2v) is 5.82. The van der Waals surface area contributed by atoms with Gasteiger partial charge in [-0.25, -0.2) is 0 Å². The standard InChI is InChI=1S/C12H21N4O/c1-11(2)7-17-8-12(3,4)16(11)10-6-5-9(13)14-15-10/h5-6,14H,7-8,13H2,1-4H3. The number of ether oxygens (including phenoxy) is 1. The van der Waals surface area contributed by atoms with E-state index < -0.39 is 0 Å². The SMILES string of the molecule is CC1(C)COCC(C)(C)N1C1=NN[C](N)C=C1. The molecule has 2 rings (SSSR count). The van der Waals surface area contributed by atoms with Crippen LogP contribution in [0.4, 0.5) is 0 Å². The number of morpholine rings is 1. The molecule has 2 heterocycles. The molecule has 0 unspecified atom stereocenters. The highest BCUT2D eigenvalue weighted by atomic mass is 16.5. The van der Waals surface area contributed by atoms with Crippen molar-refractivity contribution >= 4 is 5.84 Å². The van der Waals surface area contributed by atoms with Crippen molar-refractivity contribution in [2.45, 2.75) is 38.8 Å². The van der Waals surface area contributed by atoms with Crippen LogP contribution >= 0.6 is 0 Å². The van der Waals surface area contributed by atoms with Gasteiger partial charge in [-0.15, -0.1) is 0 Å². The normalized spacial score (nSPS) is 27.6. The number of nitrogens with zero attached hydrogens (tertiary/aromatic N) is 2. The van der Waals surface area contributed by atoms with Crippen LogP contribution in [0.2, 0.25) is 0 Å². The van der Waals surface area contributed by atoms with Crippen molar-refractivity contribution in [1.29, 1.82) is 0 Å². The summed E-state index contributed by atoms with van der Waals surface area (Å²) in [5.41, 5.74) is 8.28. The Morgan fingerprint density at radius 1 is 1.24 bits per heavy atom. The van der Waals surface area contributed by atoms with Crippen LogP contribution < -0.4 is 11.2 Å². The van der Waals surface area contributed by atoms with Gasteiger partial charge in [-0.2, -0.15) is 5.10 Å². The van der Waals surface area contributed by atoms with Gasteiger partial charge in [-0.05, 0) is 39.8 Å². The van der Waals surface area contributed by atoms with Gasteiger partial charge in [-0.3, -0.25) is 5.43 Å². The van der Waals surface area contributed by atoms with E-state index in [0.717, 1.165) is 5.84 Å². The van der Waals surface area contributed by atoms with E-state index in [9.17, 15) is 0 Å². The highest BCUT2D eigenvalue weighted by Crippen LogP contribution is 2.31. The fourth-order valence-corrected chi connectivity index (χ4v) is 2.60. The fourth-order valence-electron chi connectivity index (χ4n) is 2.60. The van der Waals surface area contributed by atoms with E-state index in [1.165, 1.54) is 0 Å². The van der Waals surface area contributed by atoms with Gasteiger partial charge in [0.05, 0.1) is 24.3 Å². The lowest BCUT2D eigenvalue weighted by Gasteiger charge is -2.53. The molecule has 0 bridgehead atoms. The average Bonchev–Trinajstić information content (AvgIpc) is 2.18. The third-order valence-corrected chi connectivity index (χ3v) is 3.06. The number of hydrogen-bond acceptors (Lipinski definition) is 5. The molecule has 3 N–H and O–H groups in total. The minimum absolute atomic E-state index is 0.0846. The fraction of sp³-hybridized carbons (Fsp3) is 0.667. The molecule has 2 aliphatic rings. The zero-order valence-electron chi connectivity index (χ0n) is 10.9. The molecule has 0 saturated carbocycles. The second-order valence-electron chi connectivity index (χ2n) is 5.82. The second kappa shape index (κ2) is 3.99. The zero-order chi connectivity index (χ0) is 12.7. The first kappa shape index (κ1) is 12.4. The van der Waals surface area contributed by atoms with Gasteiger partial charge in [0.1, 0.15) is 5.84 Å². The topological polar surface area (TPSA) is 62.9 Å². The molecule has 0 aromatic carbocycles. The lowest BCUT2D eigenvalue weighted by molar-refractivity contribution is -0.0880. The summed E-state index contributed by atoms with van der Waals surface area (Å²) in [5.74, 6) is 0.900. The summed E-state index contributed by atoms with van der Waals surface area (Å²) in [6, 6.07) is 0. The van der Waals surface area contributed by atoms with E-state index in [0.29, 0.717) is 19.4 Å². The van der Waals surface area contributed by atoms with E-state index in [2.05, 4.69) is 43.1 Å². The molecule has 5 nitrogen and oxygen atoms in total. The lowest BCUT2D eigenvalue weighted by Crippen LogP contribution is -2.65. The summed E-state index contributed by atoms with van der Waals surface area (Å²) in [5, 5.41) is 4.31. The maximum atomic E-state index is 5.67. The van der Waals surface area contributed by atoms with E-state index in [-0.39, 0.29) is 11.1 Å². The van der Waals surface area contributed by atoms with Crippen molar-refractivity contribution in [3.63, 3.8) is 0 Å². The van der Waals surface area contributed by atoms with E-state index in [4.69, 9.17) is 10.5 Å². The number of hydrazone groups is 1. The van der Waals surface area contributed by atoms with Crippen LogP contribution in [0.1, 0.15) is 27.7 Å². The van der Waals surface area contributed by atoms with Crippen molar-refractivity contribution in [3.05, 3.63) is 18.3 Å².